The predicted molar refractivity (Wildman–Crippen MR) is 125 cm³/mol. The number of carbonyl (C=O) groups is 1. The van der Waals surface area contributed by atoms with E-state index < -0.39 is 0 Å². The average molecular weight is 423 g/mol. The molecule has 2 fully saturated rings. The van der Waals surface area contributed by atoms with Crippen molar-refractivity contribution in [3.05, 3.63) is 41.0 Å². The molecule has 2 aliphatic rings. The van der Waals surface area contributed by atoms with Crippen LogP contribution in [0.3, 0.4) is 0 Å². The number of benzene rings is 1. The summed E-state index contributed by atoms with van der Waals surface area (Å²) in [5, 5.41) is 12.5. The Kier molecular flexibility index (Phi) is 6.49. The SMILES string of the molecule is CCC(CC(=O)Nc1ccc(C)cc1C)c1nnc(C2CC(CC(C)C)C2)n1C1CC1. The molecule has 0 saturated heterocycles. The topological polar surface area (TPSA) is 59.8 Å². The summed E-state index contributed by atoms with van der Waals surface area (Å²) in [7, 11) is 0. The van der Waals surface area contributed by atoms with Crippen molar-refractivity contribution in [1.82, 2.24) is 14.8 Å². The number of hydrogen-bond donors (Lipinski definition) is 1. The number of aryl methyl sites for hydroxylation is 2. The standard InChI is InChI=1S/C26H38N4O/c1-6-20(15-24(31)27-23-10-7-17(4)12-18(23)5)25-28-29-26(30(25)22-8-9-22)21-13-19(14-21)11-16(2)3/h7,10,12,16,19-22H,6,8-9,11,13-15H2,1-5H3,(H,27,31). The van der Waals surface area contributed by atoms with Crippen LogP contribution in [0.4, 0.5) is 5.69 Å². The van der Waals surface area contributed by atoms with Gasteiger partial charge in [0.15, 0.2) is 0 Å². The van der Waals surface area contributed by atoms with Crippen molar-refractivity contribution in [2.75, 3.05) is 5.32 Å². The van der Waals surface area contributed by atoms with Crippen LogP contribution in [0.25, 0.3) is 0 Å². The summed E-state index contributed by atoms with van der Waals surface area (Å²) in [5.41, 5.74) is 3.21. The third-order valence-electron chi connectivity index (χ3n) is 7.01. The van der Waals surface area contributed by atoms with Gasteiger partial charge in [0, 0.05) is 30.0 Å². The first-order chi connectivity index (χ1) is 14.9. The fourth-order valence-corrected chi connectivity index (χ4v) is 5.18. The number of rotatable bonds is 9. The van der Waals surface area contributed by atoms with Crippen LogP contribution in [0.15, 0.2) is 18.2 Å². The van der Waals surface area contributed by atoms with Gasteiger partial charge in [0.05, 0.1) is 0 Å². The summed E-state index contributed by atoms with van der Waals surface area (Å²) < 4.78 is 2.43. The summed E-state index contributed by atoms with van der Waals surface area (Å²) in [6.45, 7) is 10.9. The Balaban J connectivity index is 1.46. The molecule has 1 unspecified atom stereocenters. The van der Waals surface area contributed by atoms with Crippen LogP contribution in [0.1, 0.15) is 106 Å². The van der Waals surface area contributed by atoms with Crippen LogP contribution >= 0.6 is 0 Å². The molecule has 1 amide bonds. The number of amides is 1. The fourth-order valence-electron chi connectivity index (χ4n) is 5.18. The van der Waals surface area contributed by atoms with Crippen molar-refractivity contribution >= 4 is 11.6 Å². The number of carbonyl (C=O) groups excluding carboxylic acids is 1. The van der Waals surface area contributed by atoms with E-state index in [0.717, 1.165) is 35.3 Å². The Morgan fingerprint density at radius 2 is 1.94 bits per heavy atom. The monoisotopic (exact) mass is 422 g/mol. The summed E-state index contributed by atoms with van der Waals surface area (Å²) in [4.78, 5) is 12.9. The Morgan fingerprint density at radius 1 is 1.19 bits per heavy atom. The van der Waals surface area contributed by atoms with Crippen LogP contribution < -0.4 is 5.32 Å². The van der Waals surface area contributed by atoms with Crippen LogP contribution in [0.2, 0.25) is 0 Å². The zero-order valence-electron chi connectivity index (χ0n) is 19.8. The first-order valence-corrected chi connectivity index (χ1v) is 12.2. The lowest BCUT2D eigenvalue weighted by atomic mass is 9.71. The second-order valence-electron chi connectivity index (χ2n) is 10.4. The van der Waals surface area contributed by atoms with Gasteiger partial charge in [0.25, 0.3) is 0 Å². The van der Waals surface area contributed by atoms with E-state index >= 15 is 0 Å². The Hall–Kier alpha value is -2.17. The Labute approximate surface area is 187 Å². The quantitative estimate of drug-likeness (QED) is 0.516. The van der Waals surface area contributed by atoms with Crippen LogP contribution in [0, 0.1) is 25.7 Å². The zero-order chi connectivity index (χ0) is 22.1. The fraction of sp³-hybridized carbons (Fsp3) is 0.654. The highest BCUT2D eigenvalue weighted by Gasteiger charge is 2.39. The molecule has 0 aliphatic heterocycles. The molecule has 1 heterocycles. The van der Waals surface area contributed by atoms with Crippen LogP contribution in [-0.4, -0.2) is 20.7 Å². The molecular weight excluding hydrogens is 384 g/mol. The zero-order valence-corrected chi connectivity index (χ0v) is 19.8. The van der Waals surface area contributed by atoms with Crippen molar-refractivity contribution < 1.29 is 4.79 Å². The van der Waals surface area contributed by atoms with Crippen molar-refractivity contribution in [2.24, 2.45) is 11.8 Å². The largest absolute Gasteiger partial charge is 0.326 e. The Bertz CT molecular complexity index is 921. The first kappa shape index (κ1) is 22.0. The first-order valence-electron chi connectivity index (χ1n) is 12.2. The highest BCUT2D eigenvalue weighted by atomic mass is 16.1. The summed E-state index contributed by atoms with van der Waals surface area (Å²) in [6, 6.07) is 6.69. The van der Waals surface area contributed by atoms with Crippen molar-refractivity contribution in [3.8, 4) is 0 Å². The molecule has 2 aromatic rings. The van der Waals surface area contributed by atoms with Crippen LogP contribution in [-0.2, 0) is 4.79 Å². The van der Waals surface area contributed by atoms with Gasteiger partial charge >= 0.3 is 0 Å². The third-order valence-corrected chi connectivity index (χ3v) is 7.01. The minimum Gasteiger partial charge on any atom is -0.326 e. The second-order valence-corrected chi connectivity index (χ2v) is 10.4. The van der Waals surface area contributed by atoms with E-state index in [2.05, 4.69) is 53.8 Å². The summed E-state index contributed by atoms with van der Waals surface area (Å²) in [6.07, 6.45) is 7.58. The van der Waals surface area contributed by atoms with E-state index in [-0.39, 0.29) is 11.8 Å². The number of hydrogen-bond acceptors (Lipinski definition) is 3. The molecule has 5 heteroatoms. The van der Waals surface area contributed by atoms with Gasteiger partial charge in [-0.05, 0) is 75.8 Å². The minimum atomic E-state index is 0.0614. The van der Waals surface area contributed by atoms with E-state index in [1.54, 1.807) is 0 Å². The lowest BCUT2D eigenvalue weighted by Gasteiger charge is -2.36. The lowest BCUT2D eigenvalue weighted by Crippen LogP contribution is -2.26. The number of anilines is 1. The molecule has 0 spiro atoms. The van der Waals surface area contributed by atoms with Gasteiger partial charge in [0.2, 0.25) is 5.91 Å². The van der Waals surface area contributed by atoms with Crippen molar-refractivity contribution in [3.63, 3.8) is 0 Å². The molecule has 31 heavy (non-hydrogen) atoms. The van der Waals surface area contributed by atoms with Gasteiger partial charge < -0.3 is 9.88 Å². The highest BCUT2D eigenvalue weighted by molar-refractivity contribution is 5.92. The number of nitrogens with zero attached hydrogens (tertiary/aromatic N) is 3. The summed E-state index contributed by atoms with van der Waals surface area (Å²) >= 11 is 0. The third kappa shape index (κ3) is 5.02. The number of nitrogens with one attached hydrogen (secondary N) is 1. The van der Waals surface area contributed by atoms with E-state index in [1.165, 1.54) is 43.5 Å². The predicted octanol–water partition coefficient (Wildman–Crippen LogP) is 6.29. The molecule has 1 aromatic carbocycles. The summed E-state index contributed by atoms with van der Waals surface area (Å²) in [5.74, 6) is 4.54. The van der Waals surface area contributed by atoms with Gasteiger partial charge in [-0.1, -0.05) is 38.5 Å². The Morgan fingerprint density at radius 3 is 2.55 bits per heavy atom. The molecule has 0 radical (unpaired) electrons. The average Bonchev–Trinajstić information content (AvgIpc) is 3.43. The molecule has 1 N–H and O–H groups in total. The molecule has 168 valence electrons. The molecule has 2 aliphatic carbocycles. The minimum absolute atomic E-state index is 0.0614. The van der Waals surface area contributed by atoms with Gasteiger partial charge in [-0.3, -0.25) is 4.79 Å². The molecule has 1 atom stereocenters. The normalized spacial score (nSPS) is 21.7. The highest BCUT2D eigenvalue weighted by Crippen LogP contribution is 2.48. The van der Waals surface area contributed by atoms with E-state index in [0.29, 0.717) is 18.4 Å². The molecule has 5 nitrogen and oxygen atoms in total. The lowest BCUT2D eigenvalue weighted by molar-refractivity contribution is -0.116. The van der Waals surface area contributed by atoms with Gasteiger partial charge in [-0.2, -0.15) is 0 Å². The maximum Gasteiger partial charge on any atom is 0.225 e. The smallest absolute Gasteiger partial charge is 0.225 e. The van der Waals surface area contributed by atoms with Gasteiger partial charge in [-0.25, -0.2) is 0 Å². The maximum absolute atomic E-state index is 12.9. The van der Waals surface area contributed by atoms with Gasteiger partial charge in [0.1, 0.15) is 11.6 Å². The molecular formula is C26H38N4O. The van der Waals surface area contributed by atoms with E-state index in [4.69, 9.17) is 0 Å². The van der Waals surface area contributed by atoms with Crippen molar-refractivity contribution in [1.29, 1.82) is 0 Å². The maximum atomic E-state index is 12.9. The molecule has 2 saturated carbocycles. The number of aromatic nitrogens is 3. The van der Waals surface area contributed by atoms with E-state index in [9.17, 15) is 4.79 Å². The molecule has 1 aromatic heterocycles. The second kappa shape index (κ2) is 9.13. The van der Waals surface area contributed by atoms with Gasteiger partial charge in [-0.15, -0.1) is 10.2 Å². The molecule has 0 bridgehead atoms. The van der Waals surface area contributed by atoms with Crippen molar-refractivity contribution in [2.45, 2.75) is 97.4 Å². The molecule has 4 rings (SSSR count). The van der Waals surface area contributed by atoms with E-state index in [1.807, 2.05) is 19.1 Å². The van der Waals surface area contributed by atoms with Crippen LogP contribution in [0.5, 0.6) is 0 Å².